The quantitative estimate of drug-likeness (QED) is 0.362. The van der Waals surface area contributed by atoms with Gasteiger partial charge in [-0.2, -0.15) is 0 Å². The summed E-state index contributed by atoms with van der Waals surface area (Å²) in [6, 6.07) is 12.2. The second-order valence-electron chi connectivity index (χ2n) is 6.62. The van der Waals surface area contributed by atoms with Crippen molar-refractivity contribution in [2.75, 3.05) is 14.2 Å². The molecule has 9 nitrogen and oxygen atoms in total. The zero-order valence-corrected chi connectivity index (χ0v) is 17.9. The van der Waals surface area contributed by atoms with Crippen LogP contribution in [0.4, 0.5) is 0 Å². The molecule has 0 bridgehead atoms. The number of H-pyrrole nitrogens is 1. The van der Waals surface area contributed by atoms with E-state index in [0.717, 1.165) is 11.3 Å². The molecule has 0 spiro atoms. The average molecular weight is 437 g/mol. The molecule has 158 valence electrons. The van der Waals surface area contributed by atoms with Crippen molar-refractivity contribution in [2.45, 2.75) is 10.9 Å². The van der Waals surface area contributed by atoms with E-state index in [4.69, 9.17) is 9.47 Å². The Balaban J connectivity index is 1.57. The fourth-order valence-electron chi connectivity index (χ4n) is 3.07. The van der Waals surface area contributed by atoms with Crippen molar-refractivity contribution < 1.29 is 14.3 Å². The van der Waals surface area contributed by atoms with Gasteiger partial charge in [0.05, 0.1) is 36.4 Å². The molecule has 4 rings (SSSR count). The number of nitrogens with zero attached hydrogens (tertiary/aromatic N) is 4. The minimum Gasteiger partial charge on any atom is -0.497 e. The third-order valence-corrected chi connectivity index (χ3v) is 5.73. The lowest BCUT2D eigenvalue weighted by Gasteiger charge is -2.06. The summed E-state index contributed by atoms with van der Waals surface area (Å²) in [6.07, 6.45) is 0. The van der Waals surface area contributed by atoms with Crippen LogP contribution in [0.15, 0.2) is 52.4 Å². The van der Waals surface area contributed by atoms with Crippen molar-refractivity contribution in [3.63, 3.8) is 0 Å². The number of fused-ring (bicyclic) bond motifs is 1. The van der Waals surface area contributed by atoms with Gasteiger partial charge >= 0.3 is 5.97 Å². The molecular formula is C21H19N5O4S. The fourth-order valence-corrected chi connectivity index (χ4v) is 3.85. The normalized spacial score (nSPS) is 10.9. The summed E-state index contributed by atoms with van der Waals surface area (Å²) in [5.41, 5.74) is 1.41. The van der Waals surface area contributed by atoms with Crippen molar-refractivity contribution in [1.29, 1.82) is 0 Å². The minimum absolute atomic E-state index is 0.270. The highest BCUT2D eigenvalue weighted by atomic mass is 32.2. The molecular weight excluding hydrogens is 418 g/mol. The molecule has 0 unspecified atom stereocenters. The summed E-state index contributed by atoms with van der Waals surface area (Å²) >= 11 is 1.40. The monoisotopic (exact) mass is 437 g/mol. The fraction of sp³-hybridized carbons (Fsp3) is 0.190. The third-order valence-electron chi connectivity index (χ3n) is 4.70. The van der Waals surface area contributed by atoms with Crippen LogP contribution in [0.3, 0.4) is 0 Å². The van der Waals surface area contributed by atoms with Crippen LogP contribution < -0.4 is 10.3 Å². The third kappa shape index (κ3) is 4.15. The summed E-state index contributed by atoms with van der Waals surface area (Å²) in [4.78, 5) is 31.4. The summed E-state index contributed by atoms with van der Waals surface area (Å²) in [5.74, 6) is 1.85. The van der Waals surface area contributed by atoms with Gasteiger partial charge in [-0.05, 0) is 42.5 Å². The van der Waals surface area contributed by atoms with Crippen molar-refractivity contribution in [2.24, 2.45) is 7.05 Å². The van der Waals surface area contributed by atoms with Crippen molar-refractivity contribution in [1.82, 2.24) is 24.7 Å². The smallest absolute Gasteiger partial charge is 0.337 e. The first kappa shape index (κ1) is 20.6. The minimum atomic E-state index is -0.481. The molecule has 0 amide bonds. The zero-order chi connectivity index (χ0) is 22.0. The van der Waals surface area contributed by atoms with Crippen LogP contribution >= 0.6 is 11.8 Å². The molecule has 0 saturated heterocycles. The maximum atomic E-state index is 12.4. The molecule has 0 fully saturated rings. The van der Waals surface area contributed by atoms with Gasteiger partial charge in [0, 0.05) is 12.6 Å². The number of ether oxygens (including phenoxy) is 2. The lowest BCUT2D eigenvalue weighted by Crippen LogP contribution is -2.12. The molecule has 0 saturated carbocycles. The first-order valence-electron chi connectivity index (χ1n) is 9.28. The number of nitrogens with one attached hydrogen (secondary N) is 1. The van der Waals surface area contributed by atoms with Crippen LogP contribution in [0.1, 0.15) is 16.2 Å². The molecule has 0 aliphatic carbocycles. The van der Waals surface area contributed by atoms with Crippen molar-refractivity contribution in [3.8, 4) is 17.1 Å². The number of thioether (sulfide) groups is 1. The van der Waals surface area contributed by atoms with E-state index in [0.29, 0.717) is 39.0 Å². The molecule has 1 N–H and O–H groups in total. The maximum Gasteiger partial charge on any atom is 0.337 e. The van der Waals surface area contributed by atoms with Gasteiger partial charge in [-0.15, -0.1) is 10.2 Å². The van der Waals surface area contributed by atoms with Crippen molar-refractivity contribution in [3.05, 3.63) is 64.2 Å². The molecule has 2 aromatic carbocycles. The molecule has 0 aliphatic heterocycles. The highest BCUT2D eigenvalue weighted by molar-refractivity contribution is 7.98. The van der Waals surface area contributed by atoms with E-state index in [2.05, 4.69) is 20.2 Å². The Morgan fingerprint density at radius 3 is 2.61 bits per heavy atom. The number of hydrogen-bond acceptors (Lipinski definition) is 8. The Labute approximate surface area is 181 Å². The highest BCUT2D eigenvalue weighted by Gasteiger charge is 2.14. The number of carbonyl (C=O) groups is 1. The van der Waals surface area contributed by atoms with Crippen LogP contribution in [-0.4, -0.2) is 44.9 Å². The van der Waals surface area contributed by atoms with Crippen LogP contribution in [0, 0.1) is 0 Å². The predicted molar refractivity (Wildman–Crippen MR) is 116 cm³/mol. The molecule has 2 heterocycles. The molecule has 10 heteroatoms. The summed E-state index contributed by atoms with van der Waals surface area (Å²) < 4.78 is 11.8. The molecule has 2 aromatic heterocycles. The van der Waals surface area contributed by atoms with Crippen LogP contribution in [0.25, 0.3) is 22.3 Å². The van der Waals surface area contributed by atoms with Gasteiger partial charge < -0.3 is 19.0 Å². The van der Waals surface area contributed by atoms with Gasteiger partial charge in [-0.3, -0.25) is 4.79 Å². The van der Waals surface area contributed by atoms with E-state index in [1.165, 1.54) is 18.9 Å². The van der Waals surface area contributed by atoms with E-state index in [-0.39, 0.29) is 5.56 Å². The van der Waals surface area contributed by atoms with E-state index in [1.54, 1.807) is 25.3 Å². The summed E-state index contributed by atoms with van der Waals surface area (Å²) in [6.45, 7) is 0. The molecule has 0 atom stereocenters. The van der Waals surface area contributed by atoms with Gasteiger partial charge in [0.1, 0.15) is 11.6 Å². The SMILES string of the molecule is COC(=O)c1ccc2c(=O)[nH]c(CSc3nnc(-c4ccc(OC)cc4)n3C)nc2c1. The van der Waals surface area contributed by atoms with Gasteiger partial charge in [-0.25, -0.2) is 9.78 Å². The Morgan fingerprint density at radius 1 is 1.13 bits per heavy atom. The second kappa shape index (κ2) is 8.60. The van der Waals surface area contributed by atoms with Gasteiger partial charge in [0.15, 0.2) is 11.0 Å². The maximum absolute atomic E-state index is 12.4. The Hall–Kier alpha value is -3.66. The molecule has 0 radical (unpaired) electrons. The number of benzene rings is 2. The van der Waals surface area contributed by atoms with Gasteiger partial charge in [-0.1, -0.05) is 11.8 Å². The van der Waals surface area contributed by atoms with Crippen molar-refractivity contribution >= 4 is 28.6 Å². The lowest BCUT2D eigenvalue weighted by molar-refractivity contribution is 0.0601. The number of aromatic nitrogens is 5. The van der Waals surface area contributed by atoms with Gasteiger partial charge in [0.25, 0.3) is 5.56 Å². The molecule has 4 aromatic rings. The summed E-state index contributed by atoms with van der Waals surface area (Å²) in [7, 11) is 4.80. The Bertz CT molecular complexity index is 1310. The van der Waals surface area contributed by atoms with E-state index >= 15 is 0 Å². The first-order chi connectivity index (χ1) is 15.0. The van der Waals surface area contributed by atoms with Gasteiger partial charge in [0.2, 0.25) is 0 Å². The number of esters is 1. The second-order valence-corrected chi connectivity index (χ2v) is 7.56. The number of carbonyl (C=O) groups excluding carboxylic acids is 1. The highest BCUT2D eigenvalue weighted by Crippen LogP contribution is 2.26. The van der Waals surface area contributed by atoms with Crippen LogP contribution in [0.2, 0.25) is 0 Å². The van der Waals surface area contributed by atoms with Crippen LogP contribution in [0.5, 0.6) is 5.75 Å². The Kier molecular flexibility index (Phi) is 5.72. The van der Waals surface area contributed by atoms with Crippen LogP contribution in [-0.2, 0) is 17.5 Å². The van der Waals surface area contributed by atoms with E-state index < -0.39 is 5.97 Å². The number of hydrogen-bond donors (Lipinski definition) is 1. The largest absolute Gasteiger partial charge is 0.497 e. The average Bonchev–Trinajstić information content (AvgIpc) is 3.17. The molecule has 0 aliphatic rings. The zero-order valence-electron chi connectivity index (χ0n) is 17.1. The lowest BCUT2D eigenvalue weighted by atomic mass is 10.1. The summed E-state index contributed by atoms with van der Waals surface area (Å²) in [5, 5.41) is 9.60. The van der Waals surface area contributed by atoms with E-state index in [1.807, 2.05) is 35.9 Å². The molecule has 31 heavy (non-hydrogen) atoms. The number of methoxy groups -OCH3 is 2. The number of aromatic amines is 1. The number of rotatable bonds is 6. The predicted octanol–water partition coefficient (Wildman–Crippen LogP) is 2.81. The topological polar surface area (TPSA) is 112 Å². The first-order valence-corrected chi connectivity index (χ1v) is 10.3. The Morgan fingerprint density at radius 2 is 1.90 bits per heavy atom. The van der Waals surface area contributed by atoms with E-state index in [9.17, 15) is 9.59 Å². The standard InChI is InChI=1S/C21H19N5O4S/c1-26-18(12-4-7-14(29-2)8-5-12)24-25-21(26)31-11-17-22-16-10-13(20(28)30-3)6-9-15(16)19(27)23-17/h4-10H,11H2,1-3H3,(H,22,23,27).